The molecule has 9 nitrogen and oxygen atoms in total. The maximum Gasteiger partial charge on any atom is 0.267 e. The number of amides is 2. The molecule has 0 saturated carbocycles. The standard InChI is InChI=1S/C22H25N5O4.C2H2/c1-3-26(2)22(30)18(28)8-7-15-5-4-6-16(13-15)21-24-17(20(23)29)14-19(25-21)27-9-11-31-12-10-27;1-2/h4-6,13-14,18,28H,3,9-12H2,1-2H3,(H2,23,29);1-2H/t18-;/m1./s1. The highest BCUT2D eigenvalue weighted by molar-refractivity contribution is 5.92. The Balaban J connectivity index is 0.00000187. The summed E-state index contributed by atoms with van der Waals surface area (Å²) in [5.74, 6) is 5.20. The van der Waals surface area contributed by atoms with E-state index in [4.69, 9.17) is 10.5 Å². The summed E-state index contributed by atoms with van der Waals surface area (Å²) in [6, 6.07) is 8.61. The van der Waals surface area contributed by atoms with Crippen LogP contribution in [0.2, 0.25) is 0 Å². The number of ether oxygens (including phenoxy) is 1. The highest BCUT2D eigenvalue weighted by Gasteiger charge is 2.18. The Kier molecular flexibility index (Phi) is 9.37. The monoisotopic (exact) mass is 449 g/mol. The Labute approximate surface area is 193 Å². The van der Waals surface area contributed by atoms with Crippen molar-refractivity contribution >= 4 is 17.6 Å². The molecule has 0 spiro atoms. The van der Waals surface area contributed by atoms with Crippen molar-refractivity contribution in [2.24, 2.45) is 5.73 Å². The molecule has 0 unspecified atom stereocenters. The van der Waals surface area contributed by atoms with E-state index in [1.54, 1.807) is 37.4 Å². The summed E-state index contributed by atoms with van der Waals surface area (Å²) < 4.78 is 5.38. The molecule has 0 aliphatic carbocycles. The molecule has 1 aromatic heterocycles. The van der Waals surface area contributed by atoms with Crippen molar-refractivity contribution in [2.75, 3.05) is 44.8 Å². The molecule has 3 rings (SSSR count). The van der Waals surface area contributed by atoms with Gasteiger partial charge in [-0.3, -0.25) is 9.59 Å². The number of hydrogen-bond donors (Lipinski definition) is 2. The van der Waals surface area contributed by atoms with E-state index < -0.39 is 17.9 Å². The smallest absolute Gasteiger partial charge is 0.267 e. The first-order chi connectivity index (χ1) is 15.9. The number of aliphatic hydroxyl groups is 1. The number of morpholine rings is 1. The van der Waals surface area contributed by atoms with Gasteiger partial charge in [-0.05, 0) is 19.1 Å². The number of nitrogens with zero attached hydrogens (tertiary/aromatic N) is 4. The van der Waals surface area contributed by atoms with Gasteiger partial charge >= 0.3 is 0 Å². The van der Waals surface area contributed by atoms with E-state index in [1.807, 2.05) is 11.8 Å². The molecule has 2 amide bonds. The average molecular weight is 450 g/mol. The van der Waals surface area contributed by atoms with Crippen LogP contribution < -0.4 is 10.6 Å². The van der Waals surface area contributed by atoms with Crippen molar-refractivity contribution in [1.82, 2.24) is 14.9 Å². The highest BCUT2D eigenvalue weighted by atomic mass is 16.5. The number of aromatic nitrogens is 2. The molecule has 1 aromatic carbocycles. The fourth-order valence-corrected chi connectivity index (χ4v) is 2.96. The largest absolute Gasteiger partial charge is 0.378 e. The molecule has 33 heavy (non-hydrogen) atoms. The van der Waals surface area contributed by atoms with E-state index in [9.17, 15) is 14.7 Å². The van der Waals surface area contributed by atoms with Gasteiger partial charge in [0, 0.05) is 43.9 Å². The van der Waals surface area contributed by atoms with Gasteiger partial charge in [0.05, 0.1) is 13.2 Å². The summed E-state index contributed by atoms with van der Waals surface area (Å²) >= 11 is 0. The van der Waals surface area contributed by atoms with E-state index in [-0.39, 0.29) is 5.69 Å². The molecule has 1 fully saturated rings. The van der Waals surface area contributed by atoms with Crippen molar-refractivity contribution in [3.8, 4) is 36.1 Å². The second kappa shape index (κ2) is 12.2. The molecule has 2 heterocycles. The molecular formula is C24H27N5O4. The fraction of sp³-hybridized carbons (Fsp3) is 0.333. The predicted octanol–water partition coefficient (Wildman–Crippen LogP) is 0.519. The Morgan fingerprint density at radius 1 is 1.27 bits per heavy atom. The highest BCUT2D eigenvalue weighted by Crippen LogP contribution is 2.22. The normalized spacial score (nSPS) is 13.5. The summed E-state index contributed by atoms with van der Waals surface area (Å²) in [5.41, 5.74) is 6.80. The van der Waals surface area contributed by atoms with Gasteiger partial charge < -0.3 is 25.4 Å². The van der Waals surface area contributed by atoms with E-state index in [1.165, 1.54) is 4.90 Å². The number of primary amides is 1. The molecule has 0 radical (unpaired) electrons. The minimum atomic E-state index is -1.41. The Hall–Kier alpha value is -3.92. The summed E-state index contributed by atoms with van der Waals surface area (Å²) in [6.07, 6.45) is 6.59. The average Bonchev–Trinajstić information content (AvgIpc) is 2.87. The maximum atomic E-state index is 12.0. The first-order valence-electron chi connectivity index (χ1n) is 10.3. The zero-order valence-electron chi connectivity index (χ0n) is 18.7. The summed E-state index contributed by atoms with van der Waals surface area (Å²) in [7, 11) is 1.60. The van der Waals surface area contributed by atoms with E-state index in [0.717, 1.165) is 0 Å². The topological polar surface area (TPSA) is 122 Å². The second-order valence-electron chi connectivity index (χ2n) is 7.00. The number of terminal acetylenes is 1. The van der Waals surface area contributed by atoms with Crippen molar-refractivity contribution < 1.29 is 19.4 Å². The third-order valence-electron chi connectivity index (χ3n) is 4.86. The summed E-state index contributed by atoms with van der Waals surface area (Å²) in [5, 5.41) is 9.99. The SMILES string of the molecule is C#C.CCN(C)C(=O)[C@H](O)C#Cc1cccc(-c2nc(C(N)=O)cc(N3CCOCC3)n2)c1. The minimum absolute atomic E-state index is 0.117. The molecule has 1 aliphatic heterocycles. The van der Waals surface area contributed by atoms with Crippen LogP contribution in [0.4, 0.5) is 5.82 Å². The third-order valence-corrected chi connectivity index (χ3v) is 4.86. The number of carbonyl (C=O) groups excluding carboxylic acids is 2. The lowest BCUT2D eigenvalue weighted by molar-refractivity contribution is -0.135. The van der Waals surface area contributed by atoms with Crippen molar-refractivity contribution in [2.45, 2.75) is 13.0 Å². The Morgan fingerprint density at radius 3 is 2.61 bits per heavy atom. The number of aliphatic hydroxyl groups excluding tert-OH is 1. The van der Waals surface area contributed by atoms with Crippen LogP contribution >= 0.6 is 0 Å². The first kappa shape index (κ1) is 25.3. The zero-order valence-corrected chi connectivity index (χ0v) is 18.7. The lowest BCUT2D eigenvalue weighted by Gasteiger charge is -2.28. The quantitative estimate of drug-likeness (QED) is 0.638. The van der Waals surface area contributed by atoms with E-state index >= 15 is 0 Å². The fourth-order valence-electron chi connectivity index (χ4n) is 2.96. The minimum Gasteiger partial charge on any atom is -0.378 e. The molecule has 1 saturated heterocycles. The van der Waals surface area contributed by atoms with Gasteiger partial charge in [0.2, 0.25) is 0 Å². The van der Waals surface area contributed by atoms with Gasteiger partial charge in [0.25, 0.3) is 11.8 Å². The molecule has 1 atom stereocenters. The predicted molar refractivity (Wildman–Crippen MR) is 125 cm³/mol. The third kappa shape index (κ3) is 6.78. The van der Waals surface area contributed by atoms with E-state index in [2.05, 4.69) is 34.7 Å². The number of carbonyl (C=O) groups is 2. The van der Waals surface area contributed by atoms with Crippen LogP contribution in [0.5, 0.6) is 0 Å². The number of nitrogens with two attached hydrogens (primary N) is 1. The molecule has 1 aliphatic rings. The van der Waals surface area contributed by atoms with Crippen LogP contribution in [0.15, 0.2) is 30.3 Å². The Morgan fingerprint density at radius 2 is 1.97 bits per heavy atom. The van der Waals surface area contributed by atoms with Crippen LogP contribution in [-0.2, 0) is 9.53 Å². The molecule has 0 bridgehead atoms. The maximum absolute atomic E-state index is 12.0. The molecule has 2 aromatic rings. The second-order valence-corrected chi connectivity index (χ2v) is 7.00. The zero-order chi connectivity index (χ0) is 24.4. The molecular weight excluding hydrogens is 422 g/mol. The summed E-state index contributed by atoms with van der Waals surface area (Å²) in [4.78, 5) is 36.1. The van der Waals surface area contributed by atoms with Crippen LogP contribution in [-0.4, -0.2) is 77.8 Å². The first-order valence-corrected chi connectivity index (χ1v) is 10.3. The van der Waals surface area contributed by atoms with Crippen molar-refractivity contribution in [3.63, 3.8) is 0 Å². The van der Waals surface area contributed by atoms with Gasteiger partial charge in [-0.25, -0.2) is 9.97 Å². The van der Waals surface area contributed by atoms with Crippen LogP contribution in [0.1, 0.15) is 23.0 Å². The number of hydrogen-bond acceptors (Lipinski definition) is 7. The molecule has 9 heteroatoms. The molecule has 3 N–H and O–H groups in total. The lowest BCUT2D eigenvalue weighted by Crippen LogP contribution is -2.37. The number of likely N-dealkylation sites (N-methyl/N-ethyl adjacent to an activating group) is 1. The number of benzene rings is 1. The van der Waals surface area contributed by atoms with Gasteiger partial charge in [-0.2, -0.15) is 0 Å². The molecule has 172 valence electrons. The van der Waals surface area contributed by atoms with E-state index in [0.29, 0.717) is 55.6 Å². The van der Waals surface area contributed by atoms with Crippen molar-refractivity contribution in [3.05, 3.63) is 41.6 Å². The number of anilines is 1. The van der Waals surface area contributed by atoms with Gasteiger partial charge in [0.1, 0.15) is 11.5 Å². The van der Waals surface area contributed by atoms with Gasteiger partial charge in [0.15, 0.2) is 11.9 Å². The van der Waals surface area contributed by atoms with Crippen LogP contribution in [0, 0.1) is 24.7 Å². The Bertz CT molecular complexity index is 1070. The van der Waals surface area contributed by atoms with Crippen molar-refractivity contribution in [1.29, 1.82) is 0 Å². The lowest BCUT2D eigenvalue weighted by atomic mass is 10.1. The number of rotatable bonds is 5. The summed E-state index contributed by atoms with van der Waals surface area (Å²) in [6.45, 7) is 4.74. The van der Waals surface area contributed by atoms with Gasteiger partial charge in [-0.15, -0.1) is 12.8 Å². The van der Waals surface area contributed by atoms with Gasteiger partial charge in [-0.1, -0.05) is 24.0 Å². The van der Waals surface area contributed by atoms with Crippen LogP contribution in [0.3, 0.4) is 0 Å². The van der Waals surface area contributed by atoms with Crippen LogP contribution in [0.25, 0.3) is 11.4 Å².